The average molecular weight is 223 g/mol. The number of alkyl halides is 2. The van der Waals surface area contributed by atoms with Gasteiger partial charge in [0.25, 0.3) is 5.92 Å². The lowest BCUT2D eigenvalue weighted by Gasteiger charge is -2.16. The molecule has 1 amide bonds. The number of hydrogen-bond donors (Lipinski definition) is 1. The highest BCUT2D eigenvalue weighted by molar-refractivity contribution is 5.99. The Kier molecular flexibility index (Phi) is 1.85. The molecule has 1 aromatic carbocycles. The molecule has 3 rings (SSSR count). The highest BCUT2D eigenvalue weighted by Crippen LogP contribution is 2.50. The quantitative estimate of drug-likeness (QED) is 0.820. The Morgan fingerprint density at radius 2 is 2.06 bits per heavy atom. The van der Waals surface area contributed by atoms with Gasteiger partial charge in [0.05, 0.1) is 6.42 Å². The van der Waals surface area contributed by atoms with E-state index in [0.717, 1.165) is 0 Å². The van der Waals surface area contributed by atoms with Gasteiger partial charge in [0.1, 0.15) is 0 Å². The molecule has 16 heavy (non-hydrogen) atoms. The summed E-state index contributed by atoms with van der Waals surface area (Å²) >= 11 is 0. The number of halogens is 2. The van der Waals surface area contributed by atoms with Crippen LogP contribution in [0.25, 0.3) is 0 Å². The van der Waals surface area contributed by atoms with Crippen LogP contribution >= 0.6 is 0 Å². The Balaban J connectivity index is 1.98. The first-order valence-electron chi connectivity index (χ1n) is 5.38. The third-order valence-corrected chi connectivity index (χ3v) is 3.21. The maximum absolute atomic E-state index is 13.8. The van der Waals surface area contributed by atoms with Crippen molar-refractivity contribution < 1.29 is 13.6 Å². The van der Waals surface area contributed by atoms with E-state index in [1.165, 1.54) is 12.1 Å². The second-order valence-corrected chi connectivity index (χ2v) is 4.49. The van der Waals surface area contributed by atoms with Gasteiger partial charge >= 0.3 is 0 Å². The number of nitrogens with one attached hydrogen (secondary N) is 1. The smallest absolute Gasteiger partial charge is 0.276 e. The standard InChI is InChI=1S/C12H11F2NO/c13-12(14,8-1-2-8)9-3-4-10-7(5-9)6-11(16)15-10/h3-5,8H,1-2,6H2,(H,15,16). The van der Waals surface area contributed by atoms with Crippen molar-refractivity contribution in [3.05, 3.63) is 29.3 Å². The van der Waals surface area contributed by atoms with Crippen molar-refractivity contribution in [3.63, 3.8) is 0 Å². The molecule has 1 aliphatic carbocycles. The van der Waals surface area contributed by atoms with Crippen molar-refractivity contribution in [1.29, 1.82) is 0 Å². The minimum atomic E-state index is -2.74. The second kappa shape index (κ2) is 3.03. The van der Waals surface area contributed by atoms with Gasteiger partial charge in [-0.1, -0.05) is 6.07 Å². The minimum Gasteiger partial charge on any atom is -0.326 e. The summed E-state index contributed by atoms with van der Waals surface area (Å²) in [5, 5.41) is 2.64. The molecule has 2 nitrogen and oxygen atoms in total. The number of fused-ring (bicyclic) bond motifs is 1. The molecule has 0 bridgehead atoms. The molecule has 0 aromatic heterocycles. The molecule has 1 aromatic rings. The van der Waals surface area contributed by atoms with Crippen LogP contribution in [0.15, 0.2) is 18.2 Å². The van der Waals surface area contributed by atoms with Gasteiger partial charge in [-0.3, -0.25) is 4.79 Å². The molecule has 0 spiro atoms. The van der Waals surface area contributed by atoms with Gasteiger partial charge in [0, 0.05) is 17.2 Å². The molecule has 0 atom stereocenters. The lowest BCUT2D eigenvalue weighted by Crippen LogP contribution is -2.16. The molecule has 0 unspecified atom stereocenters. The first-order chi connectivity index (χ1) is 7.57. The molecule has 1 heterocycles. The summed E-state index contributed by atoms with van der Waals surface area (Å²) in [4.78, 5) is 11.1. The third-order valence-electron chi connectivity index (χ3n) is 3.21. The van der Waals surface area contributed by atoms with Crippen LogP contribution in [0, 0.1) is 5.92 Å². The largest absolute Gasteiger partial charge is 0.326 e. The molecule has 4 heteroatoms. The van der Waals surface area contributed by atoms with Crippen LogP contribution in [0.4, 0.5) is 14.5 Å². The van der Waals surface area contributed by atoms with Gasteiger partial charge in [-0.05, 0) is 30.5 Å². The number of carbonyl (C=O) groups excluding carboxylic acids is 1. The average Bonchev–Trinajstić information content (AvgIpc) is 3.00. The number of rotatable bonds is 2. The fraction of sp³-hybridized carbons (Fsp3) is 0.417. The van der Waals surface area contributed by atoms with Gasteiger partial charge in [-0.15, -0.1) is 0 Å². The van der Waals surface area contributed by atoms with Gasteiger partial charge in [0.15, 0.2) is 0 Å². The fourth-order valence-electron chi connectivity index (χ4n) is 2.12. The van der Waals surface area contributed by atoms with Crippen molar-refractivity contribution in [2.24, 2.45) is 5.92 Å². The van der Waals surface area contributed by atoms with Gasteiger partial charge in [-0.25, -0.2) is 8.78 Å². The summed E-state index contributed by atoms with van der Waals surface area (Å²) in [6.45, 7) is 0. The van der Waals surface area contributed by atoms with Crippen molar-refractivity contribution in [3.8, 4) is 0 Å². The summed E-state index contributed by atoms with van der Waals surface area (Å²) < 4.78 is 27.6. The van der Waals surface area contributed by atoms with Crippen LogP contribution in [-0.2, 0) is 17.1 Å². The fourth-order valence-corrected chi connectivity index (χ4v) is 2.12. The van der Waals surface area contributed by atoms with E-state index >= 15 is 0 Å². The van der Waals surface area contributed by atoms with Gasteiger partial charge in [0.2, 0.25) is 5.91 Å². The van der Waals surface area contributed by atoms with E-state index in [2.05, 4.69) is 5.32 Å². The summed E-state index contributed by atoms with van der Waals surface area (Å²) in [5.41, 5.74) is 1.40. The zero-order valence-corrected chi connectivity index (χ0v) is 8.59. The number of anilines is 1. The van der Waals surface area contributed by atoms with Crippen LogP contribution in [-0.4, -0.2) is 5.91 Å². The molecule has 84 valence electrons. The Morgan fingerprint density at radius 3 is 2.75 bits per heavy atom. The number of benzene rings is 1. The van der Waals surface area contributed by atoms with Crippen LogP contribution in [0.2, 0.25) is 0 Å². The highest BCUT2D eigenvalue weighted by atomic mass is 19.3. The van der Waals surface area contributed by atoms with Gasteiger partial charge < -0.3 is 5.32 Å². The zero-order valence-electron chi connectivity index (χ0n) is 8.59. The number of hydrogen-bond acceptors (Lipinski definition) is 1. The molecule has 1 N–H and O–H groups in total. The normalized spacial score (nSPS) is 19.5. The van der Waals surface area contributed by atoms with Gasteiger partial charge in [-0.2, -0.15) is 0 Å². The third kappa shape index (κ3) is 1.40. The Bertz CT molecular complexity index is 466. The minimum absolute atomic E-state index is 0.0465. The summed E-state index contributed by atoms with van der Waals surface area (Å²) in [5.74, 6) is -3.36. The van der Waals surface area contributed by atoms with E-state index in [9.17, 15) is 13.6 Å². The summed E-state index contributed by atoms with van der Waals surface area (Å²) in [6.07, 6.45) is 1.41. The number of carbonyl (C=O) groups is 1. The first kappa shape index (κ1) is 9.75. The second-order valence-electron chi connectivity index (χ2n) is 4.49. The van der Waals surface area contributed by atoms with Crippen molar-refractivity contribution >= 4 is 11.6 Å². The highest BCUT2D eigenvalue weighted by Gasteiger charge is 2.48. The maximum Gasteiger partial charge on any atom is 0.276 e. The molecule has 2 aliphatic rings. The molecule has 1 fully saturated rings. The van der Waals surface area contributed by atoms with E-state index in [1.807, 2.05) is 0 Å². The Labute approximate surface area is 91.7 Å². The Hall–Kier alpha value is -1.45. The Morgan fingerprint density at radius 1 is 1.31 bits per heavy atom. The monoisotopic (exact) mass is 223 g/mol. The lowest BCUT2D eigenvalue weighted by molar-refractivity contribution is -0.115. The summed E-state index contributed by atoms with van der Waals surface area (Å²) in [6, 6.07) is 4.46. The molecule has 1 aliphatic heterocycles. The van der Waals surface area contributed by atoms with E-state index in [0.29, 0.717) is 24.1 Å². The molecule has 1 saturated carbocycles. The zero-order chi connectivity index (χ0) is 11.3. The SMILES string of the molecule is O=C1Cc2cc(C(F)(F)C3CC3)ccc2N1. The van der Waals surface area contributed by atoms with Crippen molar-refractivity contribution in [1.82, 2.24) is 0 Å². The van der Waals surface area contributed by atoms with Crippen molar-refractivity contribution in [2.45, 2.75) is 25.2 Å². The lowest BCUT2D eigenvalue weighted by atomic mass is 10.0. The van der Waals surface area contributed by atoms with Crippen molar-refractivity contribution in [2.75, 3.05) is 5.32 Å². The molecule has 0 radical (unpaired) electrons. The predicted molar refractivity (Wildman–Crippen MR) is 55.4 cm³/mol. The number of amides is 1. The molecular weight excluding hydrogens is 212 g/mol. The van der Waals surface area contributed by atoms with E-state index in [-0.39, 0.29) is 17.9 Å². The predicted octanol–water partition coefficient (Wildman–Crippen LogP) is 2.68. The summed E-state index contributed by atoms with van der Waals surface area (Å²) in [7, 11) is 0. The maximum atomic E-state index is 13.8. The van der Waals surface area contributed by atoms with E-state index < -0.39 is 11.8 Å². The molecule has 0 saturated heterocycles. The first-order valence-corrected chi connectivity index (χ1v) is 5.38. The van der Waals surface area contributed by atoms with E-state index in [1.54, 1.807) is 6.07 Å². The molecular formula is C12H11F2NO. The van der Waals surface area contributed by atoms with E-state index in [4.69, 9.17) is 0 Å². The van der Waals surface area contributed by atoms with Crippen LogP contribution in [0.5, 0.6) is 0 Å². The van der Waals surface area contributed by atoms with Crippen LogP contribution in [0.3, 0.4) is 0 Å². The van der Waals surface area contributed by atoms with Crippen LogP contribution in [0.1, 0.15) is 24.0 Å². The van der Waals surface area contributed by atoms with Crippen LogP contribution < -0.4 is 5.32 Å². The topological polar surface area (TPSA) is 29.1 Å².